The minimum absolute atomic E-state index is 0.0961. The molecule has 1 aromatic heterocycles. The topological polar surface area (TPSA) is 62.7 Å². The number of nitrogens with zero attached hydrogens (tertiary/aromatic N) is 3. The Morgan fingerprint density at radius 3 is 2.66 bits per heavy atom. The SMILES string of the molecule is O=C(CCc1ccccc1F)N1CCOC2(C1)C(=O)N(Cc1cccnc1)CC2c1ccccc1. The second-order valence-corrected chi connectivity index (χ2v) is 9.15. The number of rotatable bonds is 6. The zero-order chi connectivity index (χ0) is 24.3. The van der Waals surface area contributed by atoms with Gasteiger partial charge in [0.05, 0.1) is 13.2 Å². The van der Waals surface area contributed by atoms with Gasteiger partial charge in [-0.1, -0.05) is 54.6 Å². The molecule has 0 saturated carbocycles. The van der Waals surface area contributed by atoms with E-state index < -0.39 is 5.60 Å². The van der Waals surface area contributed by atoms with Crippen molar-refractivity contribution in [1.29, 1.82) is 0 Å². The molecule has 2 saturated heterocycles. The van der Waals surface area contributed by atoms with E-state index in [4.69, 9.17) is 4.74 Å². The van der Waals surface area contributed by atoms with Gasteiger partial charge in [0.15, 0.2) is 5.60 Å². The fourth-order valence-electron chi connectivity index (χ4n) is 5.18. The fraction of sp³-hybridized carbons (Fsp3) is 0.321. The fourth-order valence-corrected chi connectivity index (χ4v) is 5.18. The van der Waals surface area contributed by atoms with Gasteiger partial charge in [0.25, 0.3) is 5.91 Å². The minimum atomic E-state index is -1.14. The lowest BCUT2D eigenvalue weighted by atomic mass is 9.83. The quantitative estimate of drug-likeness (QED) is 0.549. The van der Waals surface area contributed by atoms with Crippen LogP contribution in [0.1, 0.15) is 29.0 Å². The highest BCUT2D eigenvalue weighted by Crippen LogP contribution is 2.42. The second kappa shape index (κ2) is 9.96. The molecule has 2 unspecified atom stereocenters. The first kappa shape index (κ1) is 23.2. The highest BCUT2D eigenvalue weighted by Gasteiger charge is 2.58. The van der Waals surface area contributed by atoms with E-state index in [0.717, 1.165) is 11.1 Å². The summed E-state index contributed by atoms with van der Waals surface area (Å²) in [5.41, 5.74) is 1.33. The van der Waals surface area contributed by atoms with E-state index in [9.17, 15) is 14.0 Å². The molecule has 2 aliphatic heterocycles. The molecule has 2 aliphatic rings. The number of likely N-dealkylation sites (tertiary alicyclic amines) is 1. The summed E-state index contributed by atoms with van der Waals surface area (Å²) in [4.78, 5) is 34.7. The minimum Gasteiger partial charge on any atom is -0.361 e. The molecule has 1 spiro atoms. The molecular formula is C28H28FN3O3. The van der Waals surface area contributed by atoms with Gasteiger partial charge >= 0.3 is 0 Å². The molecule has 2 atom stereocenters. The van der Waals surface area contributed by atoms with Crippen LogP contribution in [0.4, 0.5) is 4.39 Å². The van der Waals surface area contributed by atoms with Crippen molar-refractivity contribution in [3.8, 4) is 0 Å². The summed E-state index contributed by atoms with van der Waals surface area (Å²) >= 11 is 0. The zero-order valence-electron chi connectivity index (χ0n) is 19.5. The van der Waals surface area contributed by atoms with Crippen LogP contribution in [0.3, 0.4) is 0 Å². The number of halogens is 1. The van der Waals surface area contributed by atoms with Crippen LogP contribution in [0.5, 0.6) is 0 Å². The van der Waals surface area contributed by atoms with Crippen LogP contribution in [0.25, 0.3) is 0 Å². The van der Waals surface area contributed by atoms with Gasteiger partial charge in [-0.15, -0.1) is 0 Å². The molecule has 2 amide bonds. The van der Waals surface area contributed by atoms with Crippen molar-refractivity contribution in [2.75, 3.05) is 26.2 Å². The number of ether oxygens (including phenoxy) is 1. The van der Waals surface area contributed by atoms with Crippen LogP contribution in [-0.4, -0.2) is 58.4 Å². The summed E-state index contributed by atoms with van der Waals surface area (Å²) in [5, 5.41) is 0. The third-order valence-corrected chi connectivity index (χ3v) is 6.98. The van der Waals surface area contributed by atoms with Gasteiger partial charge in [0, 0.05) is 44.4 Å². The Morgan fingerprint density at radius 2 is 1.89 bits per heavy atom. The first-order chi connectivity index (χ1) is 17.1. The van der Waals surface area contributed by atoms with Gasteiger partial charge < -0.3 is 14.5 Å². The molecule has 0 N–H and O–H groups in total. The second-order valence-electron chi connectivity index (χ2n) is 9.15. The summed E-state index contributed by atoms with van der Waals surface area (Å²) < 4.78 is 20.3. The first-order valence-electron chi connectivity index (χ1n) is 12.0. The number of pyridine rings is 1. The Morgan fingerprint density at radius 1 is 1.09 bits per heavy atom. The maximum absolute atomic E-state index is 14.0. The molecule has 35 heavy (non-hydrogen) atoms. The van der Waals surface area contributed by atoms with Crippen molar-refractivity contribution < 1.29 is 18.7 Å². The molecule has 2 aromatic carbocycles. The van der Waals surface area contributed by atoms with Gasteiger partial charge in [-0.05, 0) is 35.2 Å². The molecule has 6 nitrogen and oxygen atoms in total. The predicted molar refractivity (Wildman–Crippen MR) is 129 cm³/mol. The van der Waals surface area contributed by atoms with Crippen molar-refractivity contribution in [3.05, 3.63) is 102 Å². The van der Waals surface area contributed by atoms with E-state index in [1.54, 1.807) is 35.5 Å². The number of hydrogen-bond acceptors (Lipinski definition) is 4. The number of carbonyl (C=O) groups excluding carboxylic acids is 2. The maximum atomic E-state index is 14.0. The molecule has 0 aliphatic carbocycles. The van der Waals surface area contributed by atoms with E-state index in [2.05, 4.69) is 4.98 Å². The van der Waals surface area contributed by atoms with E-state index in [0.29, 0.717) is 31.6 Å². The lowest BCUT2D eigenvalue weighted by Crippen LogP contribution is -2.59. The molecule has 5 rings (SSSR count). The summed E-state index contributed by atoms with van der Waals surface area (Å²) in [6, 6.07) is 20.2. The number of aromatic nitrogens is 1. The Hall–Kier alpha value is -3.58. The normalized spacial score (nSPS) is 22.1. The van der Waals surface area contributed by atoms with Crippen molar-refractivity contribution >= 4 is 11.8 Å². The van der Waals surface area contributed by atoms with Gasteiger partial charge in [0.2, 0.25) is 5.91 Å². The van der Waals surface area contributed by atoms with Crippen LogP contribution < -0.4 is 0 Å². The van der Waals surface area contributed by atoms with Crippen LogP contribution in [0.2, 0.25) is 0 Å². The Bertz CT molecular complexity index is 1190. The summed E-state index contributed by atoms with van der Waals surface area (Å²) in [6.45, 7) is 1.80. The third-order valence-electron chi connectivity index (χ3n) is 6.98. The van der Waals surface area contributed by atoms with E-state index in [1.165, 1.54) is 6.07 Å². The molecule has 0 bridgehead atoms. The Balaban J connectivity index is 1.38. The smallest absolute Gasteiger partial charge is 0.257 e. The summed E-state index contributed by atoms with van der Waals surface area (Å²) in [5.74, 6) is -0.724. The summed E-state index contributed by atoms with van der Waals surface area (Å²) in [7, 11) is 0. The average Bonchev–Trinajstić information content (AvgIpc) is 3.15. The number of benzene rings is 2. The molecule has 7 heteroatoms. The maximum Gasteiger partial charge on any atom is 0.257 e. The number of morpholine rings is 1. The molecular weight excluding hydrogens is 445 g/mol. The molecule has 0 radical (unpaired) electrons. The van der Waals surface area contributed by atoms with Gasteiger partial charge in [-0.25, -0.2) is 4.39 Å². The molecule has 3 heterocycles. The number of carbonyl (C=O) groups is 2. The lowest BCUT2D eigenvalue weighted by molar-refractivity contribution is -0.168. The number of hydrogen-bond donors (Lipinski definition) is 0. The molecule has 2 fully saturated rings. The van der Waals surface area contributed by atoms with Crippen LogP contribution in [0, 0.1) is 5.82 Å². The third kappa shape index (κ3) is 4.68. The largest absolute Gasteiger partial charge is 0.361 e. The zero-order valence-corrected chi connectivity index (χ0v) is 19.5. The van der Waals surface area contributed by atoms with E-state index in [-0.39, 0.29) is 43.1 Å². The number of amides is 2. The number of aryl methyl sites for hydroxylation is 1. The molecule has 180 valence electrons. The van der Waals surface area contributed by atoms with Crippen LogP contribution in [-0.2, 0) is 27.3 Å². The lowest BCUT2D eigenvalue weighted by Gasteiger charge is -2.42. The van der Waals surface area contributed by atoms with E-state index in [1.807, 2.05) is 47.4 Å². The Kier molecular flexibility index (Phi) is 6.59. The van der Waals surface area contributed by atoms with Crippen LogP contribution in [0.15, 0.2) is 79.1 Å². The molecule has 3 aromatic rings. The highest BCUT2D eigenvalue weighted by molar-refractivity contribution is 5.91. The van der Waals surface area contributed by atoms with Crippen molar-refractivity contribution in [3.63, 3.8) is 0 Å². The van der Waals surface area contributed by atoms with Crippen molar-refractivity contribution in [2.45, 2.75) is 30.9 Å². The standard InChI is InChI=1S/C28H28FN3O3/c29-25-11-5-4-10-23(25)12-13-26(33)31-15-16-35-28(20-31)24(22-8-2-1-3-9-22)19-32(27(28)34)18-21-7-6-14-30-17-21/h1-11,14,17,24H,12-13,15-16,18-20H2. The van der Waals surface area contributed by atoms with Crippen LogP contribution >= 0.6 is 0 Å². The monoisotopic (exact) mass is 473 g/mol. The average molecular weight is 474 g/mol. The van der Waals surface area contributed by atoms with Gasteiger partial charge in [0.1, 0.15) is 5.82 Å². The van der Waals surface area contributed by atoms with Gasteiger partial charge in [-0.2, -0.15) is 0 Å². The van der Waals surface area contributed by atoms with Gasteiger partial charge in [-0.3, -0.25) is 14.6 Å². The van der Waals surface area contributed by atoms with Crippen molar-refractivity contribution in [1.82, 2.24) is 14.8 Å². The summed E-state index contributed by atoms with van der Waals surface area (Å²) in [6.07, 6.45) is 3.97. The van der Waals surface area contributed by atoms with Crippen molar-refractivity contribution in [2.24, 2.45) is 0 Å². The predicted octanol–water partition coefficient (Wildman–Crippen LogP) is 3.58. The van der Waals surface area contributed by atoms with E-state index >= 15 is 0 Å². The highest BCUT2D eigenvalue weighted by atomic mass is 19.1. The first-order valence-corrected chi connectivity index (χ1v) is 12.0. The Labute approximate surface area is 204 Å².